The van der Waals surface area contributed by atoms with Gasteiger partial charge in [0.2, 0.25) is 11.8 Å². The van der Waals surface area contributed by atoms with Gasteiger partial charge in [-0.25, -0.2) is 0 Å². The molecule has 1 aliphatic heterocycles. The number of carbonyl (C=O) groups excluding carboxylic acids is 3. The number of hydrogen-bond donors (Lipinski definition) is 2. The minimum Gasteiger partial charge on any atom is -0.352 e. The van der Waals surface area contributed by atoms with Crippen LogP contribution in [0.2, 0.25) is 0 Å². The second-order valence-electron chi connectivity index (χ2n) is 10.1. The first-order valence-electron chi connectivity index (χ1n) is 11.5. The van der Waals surface area contributed by atoms with Gasteiger partial charge in [-0.2, -0.15) is 0 Å². The van der Waals surface area contributed by atoms with Gasteiger partial charge in [0.1, 0.15) is 6.04 Å². The molecule has 1 aromatic carbocycles. The first-order valence-corrected chi connectivity index (χ1v) is 11.5. The van der Waals surface area contributed by atoms with Crippen molar-refractivity contribution in [3.63, 3.8) is 0 Å². The predicted molar refractivity (Wildman–Crippen MR) is 124 cm³/mol. The van der Waals surface area contributed by atoms with E-state index >= 15 is 0 Å². The normalized spacial score (nSPS) is 17.0. The third-order valence-corrected chi connectivity index (χ3v) is 5.93. The Morgan fingerprint density at radius 1 is 1.06 bits per heavy atom. The number of carbonyl (C=O) groups is 3. The summed E-state index contributed by atoms with van der Waals surface area (Å²) in [5.41, 5.74) is 1.58. The fourth-order valence-electron chi connectivity index (χ4n) is 3.81. The fraction of sp³-hybridized carbons (Fsp3) is 0.640. The Balaban J connectivity index is 2.08. The van der Waals surface area contributed by atoms with E-state index in [0.717, 1.165) is 12.0 Å². The highest BCUT2D eigenvalue weighted by Gasteiger charge is 2.34. The largest absolute Gasteiger partial charge is 0.352 e. The number of rotatable bonds is 7. The summed E-state index contributed by atoms with van der Waals surface area (Å²) in [4.78, 5) is 40.3. The van der Waals surface area contributed by atoms with Crippen LogP contribution in [0.15, 0.2) is 24.3 Å². The van der Waals surface area contributed by atoms with Crippen molar-refractivity contribution in [3.8, 4) is 0 Å². The third-order valence-electron chi connectivity index (χ3n) is 5.93. The molecule has 0 aromatic heterocycles. The van der Waals surface area contributed by atoms with Crippen molar-refractivity contribution in [2.24, 2.45) is 11.3 Å². The minimum absolute atomic E-state index is 0.00265. The molecule has 0 spiro atoms. The molecule has 3 amide bonds. The molecule has 0 aliphatic carbocycles. The first kappa shape index (κ1) is 24.9. The molecule has 31 heavy (non-hydrogen) atoms. The Morgan fingerprint density at radius 3 is 2.16 bits per heavy atom. The number of piperidine rings is 1. The van der Waals surface area contributed by atoms with E-state index in [-0.39, 0.29) is 35.1 Å². The first-order chi connectivity index (χ1) is 14.5. The second kappa shape index (κ2) is 10.8. The van der Waals surface area contributed by atoms with E-state index in [0.29, 0.717) is 37.9 Å². The summed E-state index contributed by atoms with van der Waals surface area (Å²) in [6.45, 7) is 13.4. The lowest BCUT2D eigenvalue weighted by Gasteiger charge is -2.37. The average Bonchev–Trinajstić information content (AvgIpc) is 2.71. The Labute approximate surface area is 187 Å². The summed E-state index contributed by atoms with van der Waals surface area (Å²) in [5, 5.41) is 6.00. The van der Waals surface area contributed by atoms with Gasteiger partial charge in [-0.15, -0.1) is 0 Å². The highest BCUT2D eigenvalue weighted by molar-refractivity contribution is 5.97. The van der Waals surface area contributed by atoms with Crippen molar-refractivity contribution in [3.05, 3.63) is 35.4 Å². The molecule has 172 valence electrons. The summed E-state index contributed by atoms with van der Waals surface area (Å²) >= 11 is 0. The molecular formula is C25H39N3O3. The summed E-state index contributed by atoms with van der Waals surface area (Å²) in [6, 6.07) is 6.78. The topological polar surface area (TPSA) is 78.5 Å². The van der Waals surface area contributed by atoms with Crippen LogP contribution in [0.4, 0.5) is 0 Å². The van der Waals surface area contributed by atoms with Crippen molar-refractivity contribution in [2.75, 3.05) is 13.1 Å². The lowest BCUT2D eigenvalue weighted by Crippen LogP contribution is -2.55. The Hall–Kier alpha value is -2.37. The number of nitrogens with zero attached hydrogens (tertiary/aromatic N) is 1. The van der Waals surface area contributed by atoms with Gasteiger partial charge in [-0.1, -0.05) is 45.4 Å². The molecular weight excluding hydrogens is 390 g/mol. The Kier molecular flexibility index (Phi) is 8.66. The van der Waals surface area contributed by atoms with Gasteiger partial charge in [-0.3, -0.25) is 14.4 Å². The van der Waals surface area contributed by atoms with Gasteiger partial charge < -0.3 is 15.5 Å². The molecule has 1 saturated heterocycles. The molecule has 0 saturated carbocycles. The van der Waals surface area contributed by atoms with Crippen molar-refractivity contribution in [1.29, 1.82) is 0 Å². The number of nitrogens with one attached hydrogen (secondary N) is 2. The van der Waals surface area contributed by atoms with E-state index in [1.54, 1.807) is 12.1 Å². The van der Waals surface area contributed by atoms with E-state index in [2.05, 4.69) is 31.4 Å². The lowest BCUT2D eigenvalue weighted by atomic mass is 9.87. The van der Waals surface area contributed by atoms with Gasteiger partial charge in [0.25, 0.3) is 5.91 Å². The highest BCUT2D eigenvalue weighted by Crippen LogP contribution is 2.25. The maximum Gasteiger partial charge on any atom is 0.251 e. The quantitative estimate of drug-likeness (QED) is 0.694. The molecule has 1 fully saturated rings. The molecule has 0 radical (unpaired) electrons. The van der Waals surface area contributed by atoms with E-state index in [1.165, 1.54) is 0 Å². The maximum atomic E-state index is 13.0. The van der Waals surface area contributed by atoms with Crippen LogP contribution in [0.3, 0.4) is 0 Å². The van der Waals surface area contributed by atoms with Gasteiger partial charge >= 0.3 is 0 Å². The number of aryl methyl sites for hydroxylation is 1. The standard InChI is InChI=1S/C25H39N3O3/c1-7-18(3)26-24(31)22(27-23(30)20-10-8-17(2)9-11-20)19-12-14-28(15-13-19)21(29)16-25(4,5)6/h8-11,18-19,22H,7,12-16H2,1-6H3,(H,26,31)(H,27,30)/t18-,22-/m0/s1. The summed E-state index contributed by atoms with van der Waals surface area (Å²) < 4.78 is 0. The number of benzene rings is 1. The molecule has 1 aromatic rings. The molecule has 6 nitrogen and oxygen atoms in total. The lowest BCUT2D eigenvalue weighted by molar-refractivity contribution is -0.134. The Bertz CT molecular complexity index is 759. The van der Waals surface area contributed by atoms with Crippen LogP contribution in [0.1, 0.15) is 76.2 Å². The smallest absolute Gasteiger partial charge is 0.251 e. The molecule has 2 N–H and O–H groups in total. The fourth-order valence-corrected chi connectivity index (χ4v) is 3.81. The van der Waals surface area contributed by atoms with Crippen LogP contribution in [0.25, 0.3) is 0 Å². The molecule has 0 unspecified atom stereocenters. The van der Waals surface area contributed by atoms with E-state index in [9.17, 15) is 14.4 Å². The maximum absolute atomic E-state index is 13.0. The molecule has 2 atom stereocenters. The van der Waals surface area contributed by atoms with E-state index in [1.807, 2.05) is 37.8 Å². The number of amides is 3. The zero-order chi connectivity index (χ0) is 23.2. The monoisotopic (exact) mass is 429 g/mol. The van der Waals surface area contributed by atoms with Gasteiger partial charge in [0.05, 0.1) is 0 Å². The zero-order valence-corrected chi connectivity index (χ0v) is 20.0. The number of hydrogen-bond acceptors (Lipinski definition) is 3. The van der Waals surface area contributed by atoms with Gasteiger partial charge in [-0.05, 0) is 56.6 Å². The molecule has 1 heterocycles. The van der Waals surface area contributed by atoms with Gasteiger partial charge in [0, 0.05) is 31.1 Å². The minimum atomic E-state index is -0.609. The van der Waals surface area contributed by atoms with Crippen molar-refractivity contribution >= 4 is 17.7 Å². The Morgan fingerprint density at radius 2 is 1.65 bits per heavy atom. The zero-order valence-electron chi connectivity index (χ0n) is 20.0. The van der Waals surface area contributed by atoms with Crippen LogP contribution < -0.4 is 10.6 Å². The SMILES string of the molecule is CC[C@H](C)NC(=O)[C@@H](NC(=O)c1ccc(C)cc1)C1CCN(C(=O)CC(C)(C)C)CC1. The van der Waals surface area contributed by atoms with Crippen LogP contribution >= 0.6 is 0 Å². The molecule has 1 aliphatic rings. The van der Waals surface area contributed by atoms with Crippen LogP contribution in [0.5, 0.6) is 0 Å². The van der Waals surface area contributed by atoms with Crippen LogP contribution in [0, 0.1) is 18.3 Å². The third kappa shape index (κ3) is 7.67. The van der Waals surface area contributed by atoms with Crippen molar-refractivity contribution in [2.45, 2.75) is 79.3 Å². The van der Waals surface area contributed by atoms with Crippen LogP contribution in [-0.2, 0) is 9.59 Å². The molecule has 2 rings (SSSR count). The van der Waals surface area contributed by atoms with Gasteiger partial charge in [0.15, 0.2) is 0 Å². The summed E-state index contributed by atoms with van der Waals surface area (Å²) in [5.74, 6) is -0.225. The highest BCUT2D eigenvalue weighted by atomic mass is 16.2. The van der Waals surface area contributed by atoms with Crippen LogP contribution in [-0.4, -0.2) is 47.8 Å². The van der Waals surface area contributed by atoms with E-state index < -0.39 is 6.04 Å². The second-order valence-corrected chi connectivity index (χ2v) is 10.1. The summed E-state index contributed by atoms with van der Waals surface area (Å²) in [6.07, 6.45) is 2.73. The molecule has 0 bridgehead atoms. The molecule has 6 heteroatoms. The van der Waals surface area contributed by atoms with E-state index in [4.69, 9.17) is 0 Å². The summed E-state index contributed by atoms with van der Waals surface area (Å²) in [7, 11) is 0. The number of likely N-dealkylation sites (tertiary alicyclic amines) is 1. The van der Waals surface area contributed by atoms with Crippen molar-refractivity contribution < 1.29 is 14.4 Å². The van der Waals surface area contributed by atoms with Crippen molar-refractivity contribution in [1.82, 2.24) is 15.5 Å². The average molecular weight is 430 g/mol. The predicted octanol–water partition coefficient (Wildman–Crippen LogP) is 3.68.